The largest absolute Gasteiger partial charge is 0.383 e. The normalized spacial score (nSPS) is 12.1. The zero-order chi connectivity index (χ0) is 14.4. The van der Waals surface area contributed by atoms with Crippen molar-refractivity contribution in [3.8, 4) is 0 Å². The molecule has 1 aromatic carbocycles. The van der Waals surface area contributed by atoms with Crippen molar-refractivity contribution >= 4 is 5.69 Å². The van der Waals surface area contributed by atoms with Crippen LogP contribution in [0.25, 0.3) is 0 Å². The van der Waals surface area contributed by atoms with Crippen molar-refractivity contribution in [3.63, 3.8) is 0 Å². The lowest BCUT2D eigenvalue weighted by Gasteiger charge is -2.16. The van der Waals surface area contributed by atoms with Gasteiger partial charge in [0.15, 0.2) is 0 Å². The van der Waals surface area contributed by atoms with Crippen LogP contribution in [0.4, 0.5) is 5.69 Å². The number of hydrogen-bond acceptors (Lipinski definition) is 3. The predicted molar refractivity (Wildman–Crippen MR) is 81.1 cm³/mol. The van der Waals surface area contributed by atoms with Gasteiger partial charge in [-0.15, -0.1) is 0 Å². The zero-order valence-corrected chi connectivity index (χ0v) is 11.9. The maximum atomic E-state index is 11.7. The van der Waals surface area contributed by atoms with Gasteiger partial charge in [-0.25, -0.2) is 0 Å². The van der Waals surface area contributed by atoms with E-state index < -0.39 is 0 Å². The van der Waals surface area contributed by atoms with Gasteiger partial charge < -0.3 is 14.6 Å². The van der Waals surface area contributed by atoms with E-state index in [0.717, 1.165) is 5.69 Å². The fourth-order valence-electron chi connectivity index (χ4n) is 2.06. The average molecular weight is 272 g/mol. The Balaban J connectivity index is 2.11. The number of benzene rings is 1. The van der Waals surface area contributed by atoms with Gasteiger partial charge in [0.05, 0.1) is 12.3 Å². The highest BCUT2D eigenvalue weighted by Gasteiger charge is 2.05. The Morgan fingerprint density at radius 1 is 1.20 bits per heavy atom. The summed E-state index contributed by atoms with van der Waals surface area (Å²) >= 11 is 0. The van der Waals surface area contributed by atoms with E-state index in [4.69, 9.17) is 4.74 Å². The van der Waals surface area contributed by atoms with E-state index in [1.54, 1.807) is 17.7 Å². The lowest BCUT2D eigenvalue weighted by atomic mass is 10.1. The molecule has 0 aliphatic heterocycles. The Morgan fingerprint density at radius 2 is 1.95 bits per heavy atom. The molecule has 1 N–H and O–H groups in total. The number of aromatic nitrogens is 1. The number of pyridine rings is 1. The molecule has 1 aromatic heterocycles. The molecule has 4 nitrogen and oxygen atoms in total. The fourth-order valence-corrected chi connectivity index (χ4v) is 2.06. The van der Waals surface area contributed by atoms with Crippen molar-refractivity contribution in [2.75, 3.05) is 19.0 Å². The van der Waals surface area contributed by atoms with Gasteiger partial charge in [-0.2, -0.15) is 0 Å². The van der Waals surface area contributed by atoms with Crippen LogP contribution in [0.2, 0.25) is 0 Å². The predicted octanol–water partition coefficient (Wildman–Crippen LogP) is 2.67. The lowest BCUT2D eigenvalue weighted by Crippen LogP contribution is -2.21. The van der Waals surface area contributed by atoms with Crippen LogP contribution in [0.1, 0.15) is 18.5 Å². The molecule has 0 bridgehead atoms. The minimum atomic E-state index is -0.0139. The molecule has 0 aliphatic carbocycles. The van der Waals surface area contributed by atoms with Crippen molar-refractivity contribution in [3.05, 3.63) is 64.6 Å². The van der Waals surface area contributed by atoms with E-state index in [0.29, 0.717) is 13.2 Å². The molecule has 1 heterocycles. The third-order valence-electron chi connectivity index (χ3n) is 3.20. The summed E-state index contributed by atoms with van der Waals surface area (Å²) in [5.74, 6) is 0. The van der Waals surface area contributed by atoms with Crippen LogP contribution in [0.5, 0.6) is 0 Å². The van der Waals surface area contributed by atoms with E-state index in [1.807, 2.05) is 30.5 Å². The first kappa shape index (κ1) is 14.3. The Kier molecular flexibility index (Phi) is 4.96. The highest BCUT2D eigenvalue weighted by molar-refractivity contribution is 5.43. The summed E-state index contributed by atoms with van der Waals surface area (Å²) in [6.45, 7) is 3.18. The van der Waals surface area contributed by atoms with Crippen LogP contribution in [0, 0.1) is 0 Å². The van der Waals surface area contributed by atoms with Crippen molar-refractivity contribution in [2.45, 2.75) is 19.5 Å². The van der Waals surface area contributed by atoms with Crippen LogP contribution < -0.4 is 10.9 Å². The molecule has 20 heavy (non-hydrogen) atoms. The highest BCUT2D eigenvalue weighted by atomic mass is 16.5. The van der Waals surface area contributed by atoms with E-state index >= 15 is 0 Å². The molecule has 0 amide bonds. The maximum absolute atomic E-state index is 11.7. The number of anilines is 1. The molecule has 2 aromatic rings. The minimum absolute atomic E-state index is 0.0139. The van der Waals surface area contributed by atoms with Gasteiger partial charge in [0, 0.05) is 32.0 Å². The monoisotopic (exact) mass is 272 g/mol. The van der Waals surface area contributed by atoms with Gasteiger partial charge in [-0.1, -0.05) is 30.3 Å². The van der Waals surface area contributed by atoms with Gasteiger partial charge >= 0.3 is 0 Å². The molecule has 0 saturated carbocycles. The number of ether oxygens (including phenoxy) is 1. The highest BCUT2D eigenvalue weighted by Crippen LogP contribution is 2.17. The van der Waals surface area contributed by atoms with Gasteiger partial charge in [-0.3, -0.25) is 4.79 Å². The Hall–Kier alpha value is -2.07. The molecular formula is C16H20N2O2. The summed E-state index contributed by atoms with van der Waals surface area (Å²) < 4.78 is 6.67. The van der Waals surface area contributed by atoms with Gasteiger partial charge in [0.2, 0.25) is 0 Å². The SMILES string of the molecule is COCCn1cc(NC(C)c2ccccc2)ccc1=O. The fraction of sp³-hybridized carbons (Fsp3) is 0.312. The van der Waals surface area contributed by atoms with Crippen LogP contribution in [-0.2, 0) is 11.3 Å². The maximum Gasteiger partial charge on any atom is 0.250 e. The van der Waals surface area contributed by atoms with Gasteiger partial charge in [-0.05, 0) is 18.6 Å². The molecule has 106 valence electrons. The smallest absolute Gasteiger partial charge is 0.250 e. The zero-order valence-electron chi connectivity index (χ0n) is 11.9. The molecule has 1 atom stereocenters. The standard InChI is InChI=1S/C16H20N2O2/c1-13(14-6-4-3-5-7-14)17-15-8-9-16(19)18(12-15)10-11-20-2/h3-9,12-13,17H,10-11H2,1-2H3. The van der Waals surface area contributed by atoms with Crippen molar-refractivity contribution in [1.82, 2.24) is 4.57 Å². The molecule has 0 fully saturated rings. The van der Waals surface area contributed by atoms with Crippen LogP contribution in [-0.4, -0.2) is 18.3 Å². The first-order chi connectivity index (χ1) is 9.70. The van der Waals surface area contributed by atoms with Crippen molar-refractivity contribution in [2.24, 2.45) is 0 Å². The molecule has 0 aliphatic rings. The number of rotatable bonds is 6. The Labute approximate surface area is 119 Å². The number of nitrogens with zero attached hydrogens (tertiary/aromatic N) is 1. The quantitative estimate of drug-likeness (QED) is 0.879. The van der Waals surface area contributed by atoms with E-state index in [1.165, 1.54) is 5.56 Å². The summed E-state index contributed by atoms with van der Waals surface area (Å²) in [4.78, 5) is 11.7. The average Bonchev–Trinajstić information content (AvgIpc) is 2.48. The topological polar surface area (TPSA) is 43.3 Å². The molecular weight excluding hydrogens is 252 g/mol. The Bertz CT molecular complexity index is 593. The summed E-state index contributed by atoms with van der Waals surface area (Å²) in [6.07, 6.45) is 1.83. The van der Waals surface area contributed by atoms with Crippen LogP contribution >= 0.6 is 0 Å². The van der Waals surface area contributed by atoms with E-state index in [-0.39, 0.29) is 11.6 Å². The second-order valence-corrected chi connectivity index (χ2v) is 4.72. The summed E-state index contributed by atoms with van der Waals surface area (Å²) in [5, 5.41) is 3.40. The van der Waals surface area contributed by atoms with E-state index in [9.17, 15) is 4.79 Å². The second kappa shape index (κ2) is 6.91. The third-order valence-corrected chi connectivity index (χ3v) is 3.20. The lowest BCUT2D eigenvalue weighted by molar-refractivity contribution is 0.186. The first-order valence-corrected chi connectivity index (χ1v) is 6.71. The second-order valence-electron chi connectivity index (χ2n) is 4.72. The molecule has 1 unspecified atom stereocenters. The van der Waals surface area contributed by atoms with E-state index in [2.05, 4.69) is 24.4 Å². The molecule has 0 radical (unpaired) electrons. The van der Waals surface area contributed by atoms with Crippen LogP contribution in [0.3, 0.4) is 0 Å². The molecule has 0 spiro atoms. The third kappa shape index (κ3) is 3.71. The van der Waals surface area contributed by atoms with Crippen molar-refractivity contribution in [1.29, 1.82) is 0 Å². The summed E-state index contributed by atoms with van der Waals surface area (Å²) in [7, 11) is 1.63. The summed E-state index contributed by atoms with van der Waals surface area (Å²) in [6, 6.07) is 13.8. The summed E-state index contributed by atoms with van der Waals surface area (Å²) in [5.41, 5.74) is 2.12. The molecule has 4 heteroatoms. The Morgan fingerprint density at radius 3 is 2.65 bits per heavy atom. The number of hydrogen-bond donors (Lipinski definition) is 1. The van der Waals surface area contributed by atoms with Gasteiger partial charge in [0.1, 0.15) is 0 Å². The number of nitrogens with one attached hydrogen (secondary N) is 1. The van der Waals surface area contributed by atoms with Crippen LogP contribution in [0.15, 0.2) is 53.5 Å². The molecule has 2 rings (SSSR count). The number of methoxy groups -OCH3 is 1. The first-order valence-electron chi connectivity index (χ1n) is 6.71. The van der Waals surface area contributed by atoms with Crippen molar-refractivity contribution < 1.29 is 4.74 Å². The van der Waals surface area contributed by atoms with Gasteiger partial charge in [0.25, 0.3) is 5.56 Å². The minimum Gasteiger partial charge on any atom is -0.383 e. The molecule has 0 saturated heterocycles.